The number of H-pyrrole nitrogens is 1. The van der Waals surface area contributed by atoms with Crippen LogP contribution >= 0.6 is 12.4 Å². The summed E-state index contributed by atoms with van der Waals surface area (Å²) in [6.45, 7) is 2.53. The highest BCUT2D eigenvalue weighted by Gasteiger charge is 2.23. The second-order valence-electron chi connectivity index (χ2n) is 6.70. The van der Waals surface area contributed by atoms with E-state index in [1.54, 1.807) is 6.07 Å². The Hall–Kier alpha value is -1.92. The molecule has 1 aliphatic rings. The Morgan fingerprint density at radius 2 is 2.23 bits per heavy atom. The van der Waals surface area contributed by atoms with Crippen LogP contribution in [0.5, 0.6) is 0 Å². The number of piperidine rings is 1. The van der Waals surface area contributed by atoms with Crippen molar-refractivity contribution in [3.63, 3.8) is 0 Å². The smallest absolute Gasteiger partial charge is 0.226 e. The number of nitrogens with one attached hydrogen (secondary N) is 2. The van der Waals surface area contributed by atoms with Gasteiger partial charge in [-0.1, -0.05) is 12.1 Å². The average molecular weight is 381 g/mol. The lowest BCUT2D eigenvalue weighted by atomic mass is 9.98. The van der Waals surface area contributed by atoms with Gasteiger partial charge in [0, 0.05) is 31.4 Å². The van der Waals surface area contributed by atoms with Gasteiger partial charge in [0.25, 0.3) is 0 Å². The lowest BCUT2D eigenvalue weighted by Gasteiger charge is -2.27. The molecule has 1 aromatic carbocycles. The van der Waals surface area contributed by atoms with Crippen molar-refractivity contribution < 1.29 is 9.18 Å². The molecule has 1 aromatic heterocycles. The van der Waals surface area contributed by atoms with Gasteiger partial charge >= 0.3 is 0 Å². The minimum Gasteiger partial charge on any atom is -0.345 e. The molecule has 1 saturated heterocycles. The van der Waals surface area contributed by atoms with Crippen molar-refractivity contribution in [1.29, 1.82) is 0 Å². The molecule has 142 valence electrons. The first-order valence-corrected chi connectivity index (χ1v) is 8.89. The van der Waals surface area contributed by atoms with Crippen molar-refractivity contribution >= 4 is 18.3 Å². The minimum atomic E-state index is -0.264. The normalized spacial score (nSPS) is 16.8. The van der Waals surface area contributed by atoms with E-state index in [2.05, 4.69) is 15.5 Å². The van der Waals surface area contributed by atoms with E-state index < -0.39 is 0 Å². The van der Waals surface area contributed by atoms with E-state index in [0.29, 0.717) is 0 Å². The summed E-state index contributed by atoms with van der Waals surface area (Å²) in [7, 11) is 1.88. The monoisotopic (exact) mass is 380 g/mol. The lowest BCUT2D eigenvalue weighted by molar-refractivity contribution is -0.134. The highest BCUT2D eigenvalue weighted by Crippen LogP contribution is 2.19. The van der Waals surface area contributed by atoms with Crippen molar-refractivity contribution in [2.75, 3.05) is 26.7 Å². The number of benzene rings is 1. The predicted octanol–water partition coefficient (Wildman–Crippen LogP) is 3.03. The Labute approximate surface area is 159 Å². The summed E-state index contributed by atoms with van der Waals surface area (Å²) in [6.07, 6.45) is 3.73. The largest absolute Gasteiger partial charge is 0.345 e. The van der Waals surface area contributed by atoms with Crippen LogP contribution < -0.4 is 5.32 Å². The Bertz CT molecular complexity index is 715. The van der Waals surface area contributed by atoms with Crippen LogP contribution in [0.3, 0.4) is 0 Å². The molecule has 1 fully saturated rings. The predicted molar refractivity (Wildman–Crippen MR) is 103 cm³/mol. The number of rotatable bonds is 6. The van der Waals surface area contributed by atoms with Gasteiger partial charge < -0.3 is 10.2 Å². The van der Waals surface area contributed by atoms with Crippen molar-refractivity contribution in [3.8, 4) is 11.3 Å². The molecule has 0 spiro atoms. The van der Waals surface area contributed by atoms with E-state index in [1.165, 1.54) is 12.1 Å². The van der Waals surface area contributed by atoms with Crippen molar-refractivity contribution in [2.45, 2.75) is 25.7 Å². The summed E-state index contributed by atoms with van der Waals surface area (Å²) in [5, 5.41) is 10.5. The molecule has 1 atom stereocenters. The molecule has 26 heavy (non-hydrogen) atoms. The maximum Gasteiger partial charge on any atom is 0.226 e. The molecule has 0 aliphatic carbocycles. The molecule has 0 saturated carbocycles. The third-order valence-corrected chi connectivity index (χ3v) is 4.71. The number of carbonyl (C=O) groups excluding carboxylic acids is 1. The summed E-state index contributed by atoms with van der Waals surface area (Å²) < 4.78 is 13.3. The zero-order valence-corrected chi connectivity index (χ0v) is 15.8. The number of aryl methyl sites for hydroxylation is 1. The van der Waals surface area contributed by atoms with E-state index in [9.17, 15) is 9.18 Å². The van der Waals surface area contributed by atoms with Crippen molar-refractivity contribution in [3.05, 3.63) is 41.8 Å². The highest BCUT2D eigenvalue weighted by molar-refractivity contribution is 5.85. The summed E-state index contributed by atoms with van der Waals surface area (Å²) >= 11 is 0. The fraction of sp³-hybridized carbons (Fsp3) is 0.474. The lowest BCUT2D eigenvalue weighted by Crippen LogP contribution is -2.41. The summed E-state index contributed by atoms with van der Waals surface area (Å²) in [5.74, 6) is 0.0853. The molecular weight excluding hydrogens is 355 g/mol. The molecule has 0 radical (unpaired) electrons. The van der Waals surface area contributed by atoms with Gasteiger partial charge in [-0.05, 0) is 50.4 Å². The number of halogens is 2. The number of amides is 1. The van der Waals surface area contributed by atoms with Crippen LogP contribution in [0.2, 0.25) is 0 Å². The van der Waals surface area contributed by atoms with E-state index >= 15 is 0 Å². The summed E-state index contributed by atoms with van der Waals surface area (Å²) in [5.41, 5.74) is 2.51. The van der Waals surface area contributed by atoms with E-state index in [-0.39, 0.29) is 30.0 Å². The molecule has 7 heteroatoms. The first kappa shape index (κ1) is 20.4. The summed E-state index contributed by atoms with van der Waals surface area (Å²) in [4.78, 5) is 14.2. The zero-order chi connectivity index (χ0) is 17.6. The van der Waals surface area contributed by atoms with Crippen molar-refractivity contribution in [1.82, 2.24) is 20.4 Å². The molecule has 2 heterocycles. The minimum absolute atomic E-state index is 0. The highest BCUT2D eigenvalue weighted by atomic mass is 35.5. The van der Waals surface area contributed by atoms with Gasteiger partial charge in [-0.25, -0.2) is 4.39 Å². The van der Waals surface area contributed by atoms with E-state index in [0.717, 1.165) is 62.3 Å². The maximum atomic E-state index is 13.3. The van der Waals surface area contributed by atoms with Crippen LogP contribution in [0.1, 0.15) is 25.0 Å². The van der Waals surface area contributed by atoms with E-state index in [1.807, 2.05) is 24.1 Å². The van der Waals surface area contributed by atoms with Crippen LogP contribution in [0.4, 0.5) is 4.39 Å². The van der Waals surface area contributed by atoms with Gasteiger partial charge in [-0.15, -0.1) is 12.4 Å². The average Bonchev–Trinajstić information content (AvgIpc) is 3.11. The molecule has 5 nitrogen and oxygen atoms in total. The van der Waals surface area contributed by atoms with Gasteiger partial charge in [0.1, 0.15) is 5.82 Å². The van der Waals surface area contributed by atoms with Crippen LogP contribution in [0, 0.1) is 11.7 Å². The van der Waals surface area contributed by atoms with E-state index in [4.69, 9.17) is 0 Å². The second-order valence-corrected chi connectivity index (χ2v) is 6.70. The second kappa shape index (κ2) is 9.69. The first-order chi connectivity index (χ1) is 12.1. The van der Waals surface area contributed by atoms with Gasteiger partial charge in [0.05, 0.1) is 11.6 Å². The fourth-order valence-electron chi connectivity index (χ4n) is 3.28. The number of aromatic nitrogens is 2. The SMILES string of the molecule is CN(CCCc1cc(-c2cccc(F)c2)n[nH]1)C(=O)C1CCCNC1.Cl. The van der Waals surface area contributed by atoms with Crippen LogP contribution in [0.15, 0.2) is 30.3 Å². The molecule has 2 N–H and O–H groups in total. The Kier molecular flexibility index (Phi) is 7.60. The van der Waals surface area contributed by atoms with Crippen molar-refractivity contribution in [2.24, 2.45) is 5.92 Å². The third-order valence-electron chi connectivity index (χ3n) is 4.71. The zero-order valence-electron chi connectivity index (χ0n) is 15.0. The molecule has 2 aromatic rings. The standard InChI is InChI=1S/C19H25FN4O.ClH/c1-24(19(25)15-6-3-9-21-13-15)10-4-8-17-12-18(23-22-17)14-5-2-7-16(20)11-14;/h2,5,7,11-12,15,21H,3-4,6,8-10,13H2,1H3,(H,22,23);1H. The quantitative estimate of drug-likeness (QED) is 0.809. The maximum absolute atomic E-state index is 13.3. The van der Waals surface area contributed by atoms with Crippen LogP contribution in [-0.2, 0) is 11.2 Å². The molecule has 0 bridgehead atoms. The number of nitrogens with zero attached hydrogens (tertiary/aromatic N) is 2. The molecule has 1 amide bonds. The number of carbonyl (C=O) groups is 1. The molecule has 1 aliphatic heterocycles. The third kappa shape index (κ3) is 5.29. The fourth-order valence-corrected chi connectivity index (χ4v) is 3.28. The van der Waals surface area contributed by atoms with Crippen LogP contribution in [0.25, 0.3) is 11.3 Å². The Morgan fingerprint density at radius 1 is 1.38 bits per heavy atom. The van der Waals surface area contributed by atoms with Gasteiger partial charge in [0.2, 0.25) is 5.91 Å². The van der Waals surface area contributed by atoms with Gasteiger partial charge in [-0.2, -0.15) is 5.10 Å². The topological polar surface area (TPSA) is 61.0 Å². The molecular formula is C19H26ClFN4O. The number of hydrogen-bond donors (Lipinski definition) is 2. The van der Waals surface area contributed by atoms with Gasteiger partial charge in [0.15, 0.2) is 0 Å². The molecule has 3 rings (SSSR count). The summed E-state index contributed by atoms with van der Waals surface area (Å²) in [6, 6.07) is 8.37. The number of aromatic amines is 1. The Balaban J connectivity index is 0.00000243. The first-order valence-electron chi connectivity index (χ1n) is 8.89. The Morgan fingerprint density at radius 3 is 2.96 bits per heavy atom. The van der Waals surface area contributed by atoms with Crippen LogP contribution in [-0.4, -0.2) is 47.7 Å². The van der Waals surface area contributed by atoms with Gasteiger partial charge in [-0.3, -0.25) is 9.89 Å². The number of hydrogen-bond acceptors (Lipinski definition) is 3. The molecule has 1 unspecified atom stereocenters.